The third kappa shape index (κ3) is 2.53. The van der Waals surface area contributed by atoms with Gasteiger partial charge in [0, 0.05) is 5.69 Å². The highest BCUT2D eigenvalue weighted by atomic mass is 35.5. The standard InChI is InChI=1S/C9H9ClN2O/c10-3-4-13-8-1-2-9(12)7(5-8)6-11/h1-2,5H,3-4,12H2. The molecule has 0 radical (unpaired) electrons. The van der Waals surface area contributed by atoms with Crippen molar-refractivity contribution in [2.75, 3.05) is 18.2 Å². The van der Waals surface area contributed by atoms with Gasteiger partial charge in [-0.05, 0) is 18.2 Å². The molecule has 0 spiro atoms. The molecule has 4 heteroatoms. The van der Waals surface area contributed by atoms with Crippen molar-refractivity contribution < 1.29 is 4.74 Å². The summed E-state index contributed by atoms with van der Waals surface area (Å²) in [6.07, 6.45) is 0. The Morgan fingerprint density at radius 1 is 1.54 bits per heavy atom. The Hall–Kier alpha value is -1.40. The Balaban J connectivity index is 2.82. The Morgan fingerprint density at radius 3 is 2.92 bits per heavy atom. The fourth-order valence-electron chi connectivity index (χ4n) is 0.878. The number of hydrogen-bond donors (Lipinski definition) is 1. The third-order valence-corrected chi connectivity index (χ3v) is 1.65. The molecule has 13 heavy (non-hydrogen) atoms. The number of nitrogens with two attached hydrogens (primary N) is 1. The summed E-state index contributed by atoms with van der Waals surface area (Å²) < 4.78 is 5.21. The maximum Gasteiger partial charge on any atom is 0.120 e. The summed E-state index contributed by atoms with van der Waals surface area (Å²) in [7, 11) is 0. The molecule has 0 amide bonds. The Bertz CT molecular complexity index is 333. The molecule has 0 aromatic heterocycles. The summed E-state index contributed by atoms with van der Waals surface area (Å²) in [5, 5.41) is 8.66. The first-order valence-corrected chi connectivity index (χ1v) is 4.29. The van der Waals surface area contributed by atoms with E-state index in [2.05, 4.69) is 0 Å². The fraction of sp³-hybridized carbons (Fsp3) is 0.222. The minimum Gasteiger partial charge on any atom is -0.492 e. The molecule has 1 aromatic carbocycles. The van der Waals surface area contributed by atoms with Crippen molar-refractivity contribution in [3.8, 4) is 11.8 Å². The van der Waals surface area contributed by atoms with E-state index in [0.717, 1.165) is 0 Å². The average Bonchev–Trinajstić information content (AvgIpc) is 2.16. The third-order valence-electron chi connectivity index (χ3n) is 1.49. The maximum absolute atomic E-state index is 8.66. The van der Waals surface area contributed by atoms with Gasteiger partial charge in [0.25, 0.3) is 0 Å². The van der Waals surface area contributed by atoms with Gasteiger partial charge in [0.05, 0.1) is 11.4 Å². The van der Waals surface area contributed by atoms with Crippen molar-refractivity contribution in [1.82, 2.24) is 0 Å². The zero-order chi connectivity index (χ0) is 9.68. The molecular weight excluding hydrogens is 188 g/mol. The van der Waals surface area contributed by atoms with Gasteiger partial charge in [0.1, 0.15) is 18.4 Å². The van der Waals surface area contributed by atoms with Crippen LogP contribution in [0.15, 0.2) is 18.2 Å². The van der Waals surface area contributed by atoms with Crippen LogP contribution >= 0.6 is 11.6 Å². The van der Waals surface area contributed by atoms with Gasteiger partial charge in [0.15, 0.2) is 0 Å². The number of hydrogen-bond acceptors (Lipinski definition) is 3. The highest BCUT2D eigenvalue weighted by Crippen LogP contribution is 2.18. The van der Waals surface area contributed by atoms with Crippen LogP contribution in [0.3, 0.4) is 0 Å². The van der Waals surface area contributed by atoms with Crippen LogP contribution in [-0.4, -0.2) is 12.5 Å². The molecule has 3 nitrogen and oxygen atoms in total. The Kier molecular flexibility index (Phi) is 3.41. The largest absolute Gasteiger partial charge is 0.492 e. The molecule has 1 aromatic rings. The lowest BCUT2D eigenvalue weighted by Gasteiger charge is -2.04. The molecule has 0 aliphatic carbocycles. The lowest BCUT2D eigenvalue weighted by Crippen LogP contribution is -1.99. The predicted octanol–water partition coefficient (Wildman–Crippen LogP) is 1.76. The van der Waals surface area contributed by atoms with E-state index in [1.165, 1.54) is 0 Å². The monoisotopic (exact) mass is 196 g/mol. The average molecular weight is 197 g/mol. The summed E-state index contributed by atoms with van der Waals surface area (Å²) in [6.45, 7) is 0.427. The minimum atomic E-state index is 0.423. The SMILES string of the molecule is N#Cc1cc(OCCCl)ccc1N. The van der Waals surface area contributed by atoms with Crippen LogP contribution < -0.4 is 10.5 Å². The normalized spacial score (nSPS) is 9.23. The first-order valence-electron chi connectivity index (χ1n) is 3.76. The molecule has 0 fully saturated rings. The van der Waals surface area contributed by atoms with E-state index in [9.17, 15) is 0 Å². The lowest BCUT2D eigenvalue weighted by atomic mass is 10.2. The van der Waals surface area contributed by atoms with Crippen LogP contribution in [0.4, 0.5) is 5.69 Å². The van der Waals surface area contributed by atoms with Gasteiger partial charge in [-0.3, -0.25) is 0 Å². The summed E-state index contributed by atoms with van der Waals surface area (Å²) in [5.74, 6) is 1.04. The molecule has 0 heterocycles. The first kappa shape index (κ1) is 9.69. The molecule has 0 unspecified atom stereocenters. The number of benzene rings is 1. The summed E-state index contributed by atoms with van der Waals surface area (Å²) in [4.78, 5) is 0. The number of ether oxygens (including phenoxy) is 1. The van der Waals surface area contributed by atoms with Gasteiger partial charge in [-0.15, -0.1) is 11.6 Å². The minimum absolute atomic E-state index is 0.423. The van der Waals surface area contributed by atoms with Crippen LogP contribution in [0, 0.1) is 11.3 Å². The van der Waals surface area contributed by atoms with Crippen molar-refractivity contribution in [2.24, 2.45) is 0 Å². The van der Waals surface area contributed by atoms with E-state index in [0.29, 0.717) is 29.5 Å². The second-order valence-electron chi connectivity index (χ2n) is 2.40. The second-order valence-corrected chi connectivity index (χ2v) is 2.78. The number of rotatable bonds is 3. The summed E-state index contributed by atoms with van der Waals surface area (Å²) in [5.41, 5.74) is 6.41. The number of anilines is 1. The zero-order valence-electron chi connectivity index (χ0n) is 6.96. The molecule has 0 atom stereocenters. The number of nitrogens with zero attached hydrogens (tertiary/aromatic N) is 1. The van der Waals surface area contributed by atoms with Crippen molar-refractivity contribution >= 4 is 17.3 Å². The number of alkyl halides is 1. The van der Waals surface area contributed by atoms with E-state index in [1.54, 1.807) is 18.2 Å². The molecule has 68 valence electrons. The second kappa shape index (κ2) is 4.58. The highest BCUT2D eigenvalue weighted by molar-refractivity contribution is 6.18. The predicted molar refractivity (Wildman–Crippen MR) is 51.8 cm³/mol. The summed E-state index contributed by atoms with van der Waals surface area (Å²) in [6, 6.07) is 6.93. The van der Waals surface area contributed by atoms with Crippen LogP contribution in [0.1, 0.15) is 5.56 Å². The van der Waals surface area contributed by atoms with E-state index in [4.69, 9.17) is 27.3 Å². The summed E-state index contributed by atoms with van der Waals surface area (Å²) >= 11 is 5.44. The molecule has 0 bridgehead atoms. The van der Waals surface area contributed by atoms with E-state index < -0.39 is 0 Å². The zero-order valence-corrected chi connectivity index (χ0v) is 7.71. The Morgan fingerprint density at radius 2 is 2.31 bits per heavy atom. The fourth-order valence-corrected chi connectivity index (χ4v) is 0.956. The Labute approximate surface area is 81.7 Å². The van der Waals surface area contributed by atoms with Crippen molar-refractivity contribution in [3.63, 3.8) is 0 Å². The molecular formula is C9H9ClN2O. The first-order chi connectivity index (χ1) is 6.27. The van der Waals surface area contributed by atoms with Gasteiger partial charge >= 0.3 is 0 Å². The number of halogens is 1. The van der Waals surface area contributed by atoms with Crippen molar-refractivity contribution in [2.45, 2.75) is 0 Å². The quantitative estimate of drug-likeness (QED) is 0.592. The van der Waals surface area contributed by atoms with Crippen LogP contribution in [0.5, 0.6) is 5.75 Å². The van der Waals surface area contributed by atoms with Gasteiger partial charge in [0.2, 0.25) is 0 Å². The molecule has 0 saturated heterocycles. The van der Waals surface area contributed by atoms with Gasteiger partial charge < -0.3 is 10.5 Å². The van der Waals surface area contributed by atoms with Crippen molar-refractivity contribution in [1.29, 1.82) is 5.26 Å². The number of nitriles is 1. The van der Waals surface area contributed by atoms with Crippen LogP contribution in [0.2, 0.25) is 0 Å². The topological polar surface area (TPSA) is 59.0 Å². The maximum atomic E-state index is 8.66. The van der Waals surface area contributed by atoms with E-state index >= 15 is 0 Å². The van der Waals surface area contributed by atoms with E-state index in [1.807, 2.05) is 6.07 Å². The molecule has 0 aliphatic rings. The van der Waals surface area contributed by atoms with Crippen LogP contribution in [-0.2, 0) is 0 Å². The van der Waals surface area contributed by atoms with Gasteiger partial charge in [-0.2, -0.15) is 5.26 Å². The number of nitrogen functional groups attached to an aromatic ring is 1. The van der Waals surface area contributed by atoms with E-state index in [-0.39, 0.29) is 0 Å². The van der Waals surface area contributed by atoms with Crippen molar-refractivity contribution in [3.05, 3.63) is 23.8 Å². The highest BCUT2D eigenvalue weighted by Gasteiger charge is 2.00. The molecule has 0 aliphatic heterocycles. The molecule has 1 rings (SSSR count). The molecule has 2 N–H and O–H groups in total. The smallest absolute Gasteiger partial charge is 0.120 e. The lowest BCUT2D eigenvalue weighted by molar-refractivity contribution is 0.343. The van der Waals surface area contributed by atoms with Gasteiger partial charge in [-0.25, -0.2) is 0 Å². The van der Waals surface area contributed by atoms with Crippen LogP contribution in [0.25, 0.3) is 0 Å². The molecule has 0 saturated carbocycles. The van der Waals surface area contributed by atoms with Gasteiger partial charge in [-0.1, -0.05) is 0 Å².